The molecule has 1 fully saturated rings. The summed E-state index contributed by atoms with van der Waals surface area (Å²) in [4.78, 5) is 2.13. The molecule has 1 heterocycles. The molecule has 0 radical (unpaired) electrons. The minimum absolute atomic E-state index is 0.261. The first kappa shape index (κ1) is 12.7. The second-order valence-corrected chi connectivity index (χ2v) is 4.25. The molecule has 0 spiro atoms. The minimum atomic E-state index is 0.261. The van der Waals surface area contributed by atoms with Gasteiger partial charge in [0.05, 0.1) is 6.61 Å². The predicted octanol–water partition coefficient (Wildman–Crippen LogP) is 0.212. The van der Waals surface area contributed by atoms with Crippen LogP contribution in [0.1, 0.15) is 12.8 Å². The molecule has 1 aliphatic rings. The first-order valence-electron chi connectivity index (χ1n) is 5.40. The molecule has 1 atom stereocenters. The fraction of sp³-hybridized carbons (Fsp3) is 0.900. The van der Waals surface area contributed by atoms with Gasteiger partial charge in [-0.15, -0.1) is 0 Å². The Morgan fingerprint density at radius 1 is 1.67 bits per heavy atom. The monoisotopic (exact) mass is 232 g/mol. The average molecular weight is 232 g/mol. The summed E-state index contributed by atoms with van der Waals surface area (Å²) in [5.74, 6) is 0.376. The first-order chi connectivity index (χ1) is 7.27. The van der Waals surface area contributed by atoms with Gasteiger partial charge in [0.2, 0.25) is 0 Å². The van der Waals surface area contributed by atoms with Crippen LogP contribution in [0.3, 0.4) is 0 Å². The van der Waals surface area contributed by atoms with Crippen molar-refractivity contribution in [3.63, 3.8) is 0 Å². The van der Waals surface area contributed by atoms with Crippen LogP contribution in [0.15, 0.2) is 0 Å². The van der Waals surface area contributed by atoms with E-state index in [1.54, 1.807) is 7.11 Å². The highest BCUT2D eigenvalue weighted by Gasteiger charge is 2.20. The van der Waals surface area contributed by atoms with Crippen molar-refractivity contribution < 1.29 is 9.84 Å². The van der Waals surface area contributed by atoms with Gasteiger partial charge in [0.25, 0.3) is 0 Å². The number of nitrogens with zero attached hydrogens (tertiary/aromatic N) is 1. The fourth-order valence-electron chi connectivity index (χ4n) is 1.77. The van der Waals surface area contributed by atoms with Gasteiger partial charge in [-0.2, -0.15) is 0 Å². The number of likely N-dealkylation sites (tertiary alicyclic amines) is 1. The quantitative estimate of drug-likeness (QED) is 0.536. The molecule has 0 aromatic carbocycles. The number of methoxy groups -OCH3 is 1. The van der Waals surface area contributed by atoms with Crippen LogP contribution in [0.2, 0.25) is 0 Å². The average Bonchev–Trinajstić information content (AvgIpc) is 2.29. The summed E-state index contributed by atoms with van der Waals surface area (Å²) in [5.41, 5.74) is 0. The highest BCUT2D eigenvalue weighted by atomic mass is 32.1. The number of aliphatic hydroxyl groups is 1. The smallest absolute Gasteiger partial charge is 0.169 e. The van der Waals surface area contributed by atoms with Crippen molar-refractivity contribution in [2.24, 2.45) is 5.92 Å². The molecule has 1 aliphatic heterocycles. The zero-order valence-corrected chi connectivity index (χ0v) is 10.1. The molecule has 0 unspecified atom stereocenters. The van der Waals surface area contributed by atoms with E-state index in [0.29, 0.717) is 12.5 Å². The van der Waals surface area contributed by atoms with Crippen LogP contribution in [0.4, 0.5) is 0 Å². The van der Waals surface area contributed by atoms with Crippen LogP contribution >= 0.6 is 12.2 Å². The summed E-state index contributed by atoms with van der Waals surface area (Å²) < 4.78 is 4.94. The topological polar surface area (TPSA) is 44.7 Å². The zero-order valence-electron chi connectivity index (χ0n) is 9.24. The Bertz CT molecular complexity index is 202. The lowest BCUT2D eigenvalue weighted by molar-refractivity contribution is 0.158. The van der Waals surface area contributed by atoms with Crippen molar-refractivity contribution in [1.82, 2.24) is 10.2 Å². The lowest BCUT2D eigenvalue weighted by Gasteiger charge is -2.33. The maximum Gasteiger partial charge on any atom is 0.169 e. The molecule has 5 heteroatoms. The Morgan fingerprint density at radius 2 is 2.47 bits per heavy atom. The van der Waals surface area contributed by atoms with E-state index in [2.05, 4.69) is 10.2 Å². The minimum Gasteiger partial charge on any atom is -0.396 e. The predicted molar refractivity (Wildman–Crippen MR) is 63.9 cm³/mol. The van der Waals surface area contributed by atoms with E-state index in [0.717, 1.165) is 37.6 Å². The first-order valence-corrected chi connectivity index (χ1v) is 5.81. The third-order valence-corrected chi connectivity index (χ3v) is 3.05. The van der Waals surface area contributed by atoms with E-state index in [4.69, 9.17) is 22.1 Å². The molecule has 88 valence electrons. The standard InChI is InChI=1S/C10H20N2O2S/c1-14-6-4-11-10(15)12-5-2-3-9(7-12)8-13/h9,13H,2-8H2,1H3,(H,11,15)/t9-/m0/s1. The molecular weight excluding hydrogens is 212 g/mol. The van der Waals surface area contributed by atoms with Crippen molar-refractivity contribution in [3.8, 4) is 0 Å². The summed E-state index contributed by atoms with van der Waals surface area (Å²) in [6, 6.07) is 0. The van der Waals surface area contributed by atoms with Crippen LogP contribution < -0.4 is 5.32 Å². The molecule has 0 amide bonds. The maximum absolute atomic E-state index is 9.09. The molecule has 0 aromatic rings. The van der Waals surface area contributed by atoms with Gasteiger partial charge in [-0.3, -0.25) is 0 Å². The number of nitrogens with one attached hydrogen (secondary N) is 1. The number of hydrogen-bond acceptors (Lipinski definition) is 3. The van der Waals surface area contributed by atoms with E-state index in [1.807, 2.05) is 0 Å². The largest absolute Gasteiger partial charge is 0.396 e. The SMILES string of the molecule is COCCNC(=S)N1CCC[C@H](CO)C1. The molecule has 0 aliphatic carbocycles. The van der Waals surface area contributed by atoms with E-state index in [-0.39, 0.29) is 6.61 Å². The van der Waals surface area contributed by atoms with Gasteiger partial charge in [-0.05, 0) is 31.0 Å². The molecule has 2 N–H and O–H groups in total. The van der Waals surface area contributed by atoms with Crippen LogP contribution in [0.25, 0.3) is 0 Å². The van der Waals surface area contributed by atoms with Crippen molar-refractivity contribution in [2.75, 3.05) is 40.0 Å². The Morgan fingerprint density at radius 3 is 3.13 bits per heavy atom. The number of piperidine rings is 1. The van der Waals surface area contributed by atoms with Gasteiger partial charge in [0, 0.05) is 33.4 Å². The number of aliphatic hydroxyl groups excluding tert-OH is 1. The third-order valence-electron chi connectivity index (χ3n) is 2.65. The van der Waals surface area contributed by atoms with E-state index >= 15 is 0 Å². The van der Waals surface area contributed by atoms with Crippen LogP contribution in [-0.4, -0.2) is 55.1 Å². The molecule has 0 aromatic heterocycles. The normalized spacial score (nSPS) is 21.5. The van der Waals surface area contributed by atoms with Gasteiger partial charge >= 0.3 is 0 Å². The summed E-state index contributed by atoms with van der Waals surface area (Å²) in [7, 11) is 1.67. The van der Waals surface area contributed by atoms with Gasteiger partial charge in [-0.25, -0.2) is 0 Å². The van der Waals surface area contributed by atoms with Crippen LogP contribution in [-0.2, 0) is 4.74 Å². The number of thiocarbonyl (C=S) groups is 1. The summed E-state index contributed by atoms with van der Waals surface area (Å²) >= 11 is 5.27. The molecule has 1 saturated heterocycles. The Labute approximate surface area is 96.6 Å². The Balaban J connectivity index is 2.25. The van der Waals surface area contributed by atoms with E-state index in [9.17, 15) is 0 Å². The van der Waals surface area contributed by atoms with Crippen molar-refractivity contribution in [3.05, 3.63) is 0 Å². The van der Waals surface area contributed by atoms with Gasteiger partial charge in [0.1, 0.15) is 0 Å². The van der Waals surface area contributed by atoms with E-state index in [1.165, 1.54) is 0 Å². The molecular formula is C10H20N2O2S. The van der Waals surface area contributed by atoms with Gasteiger partial charge < -0.3 is 20.1 Å². The molecule has 0 bridgehead atoms. The van der Waals surface area contributed by atoms with Crippen LogP contribution in [0, 0.1) is 5.92 Å². The number of hydrogen-bond donors (Lipinski definition) is 2. The molecule has 1 rings (SSSR count). The fourth-order valence-corrected chi connectivity index (χ4v) is 2.04. The zero-order chi connectivity index (χ0) is 11.1. The number of ether oxygens (including phenoxy) is 1. The summed E-state index contributed by atoms with van der Waals surface area (Å²) in [6.07, 6.45) is 2.21. The highest BCUT2D eigenvalue weighted by molar-refractivity contribution is 7.80. The lowest BCUT2D eigenvalue weighted by atomic mass is 9.99. The molecule has 0 saturated carbocycles. The Kier molecular flexibility index (Phi) is 5.90. The van der Waals surface area contributed by atoms with Gasteiger partial charge in [0.15, 0.2) is 5.11 Å². The van der Waals surface area contributed by atoms with E-state index < -0.39 is 0 Å². The molecule has 15 heavy (non-hydrogen) atoms. The second-order valence-electron chi connectivity index (χ2n) is 3.86. The van der Waals surface area contributed by atoms with Crippen molar-refractivity contribution in [2.45, 2.75) is 12.8 Å². The van der Waals surface area contributed by atoms with Crippen molar-refractivity contribution in [1.29, 1.82) is 0 Å². The number of rotatable bonds is 4. The highest BCUT2D eigenvalue weighted by Crippen LogP contribution is 2.15. The summed E-state index contributed by atoms with van der Waals surface area (Å²) in [5, 5.41) is 13.0. The van der Waals surface area contributed by atoms with Crippen LogP contribution in [0.5, 0.6) is 0 Å². The summed E-state index contributed by atoms with van der Waals surface area (Å²) in [6.45, 7) is 3.54. The third kappa shape index (κ3) is 4.32. The molecule has 4 nitrogen and oxygen atoms in total. The van der Waals surface area contributed by atoms with Gasteiger partial charge in [-0.1, -0.05) is 0 Å². The van der Waals surface area contributed by atoms with Crippen molar-refractivity contribution >= 4 is 17.3 Å². The Hall–Kier alpha value is -0.390. The maximum atomic E-state index is 9.09. The lowest BCUT2D eigenvalue weighted by Crippen LogP contribution is -2.46. The second kappa shape index (κ2) is 6.98.